The lowest BCUT2D eigenvalue weighted by atomic mass is 10.1. The van der Waals surface area contributed by atoms with Crippen LogP contribution in [-0.4, -0.2) is 12.1 Å². The maximum absolute atomic E-state index is 13.9. The Kier molecular flexibility index (Phi) is 4.16. The summed E-state index contributed by atoms with van der Waals surface area (Å²) in [4.78, 5) is 4.09. The largest absolute Gasteiger partial charge is 0.496 e. The summed E-state index contributed by atoms with van der Waals surface area (Å²) < 4.78 is 24.4. The van der Waals surface area contributed by atoms with Crippen molar-refractivity contribution in [3.8, 4) is 5.75 Å². The minimum Gasteiger partial charge on any atom is -0.496 e. The molecule has 1 heterocycles. The number of hydrogen-bond acceptors (Lipinski definition) is 4. The highest BCUT2D eigenvalue weighted by atomic mass is 19.1. The summed E-state index contributed by atoms with van der Waals surface area (Å²) in [6.45, 7) is 4.14. The van der Waals surface area contributed by atoms with Crippen LogP contribution in [0.25, 0.3) is 0 Å². The highest BCUT2D eigenvalue weighted by Crippen LogP contribution is 2.27. The third-order valence-electron chi connectivity index (χ3n) is 2.89. The molecule has 0 saturated heterocycles. The van der Waals surface area contributed by atoms with Crippen LogP contribution in [0.15, 0.2) is 28.8 Å². The van der Waals surface area contributed by atoms with Crippen LogP contribution in [0.5, 0.6) is 5.75 Å². The summed E-state index contributed by atoms with van der Waals surface area (Å²) in [5.41, 5.74) is 0.508. The van der Waals surface area contributed by atoms with Crippen molar-refractivity contribution < 1.29 is 13.5 Å². The Bertz CT molecular complexity index is 554. The average molecular weight is 264 g/mol. The maximum Gasteiger partial charge on any atom is 0.208 e. The van der Waals surface area contributed by atoms with Gasteiger partial charge in [-0.05, 0) is 26.0 Å². The number of aromatic nitrogens is 1. The van der Waals surface area contributed by atoms with Crippen LogP contribution in [0.4, 0.5) is 4.39 Å². The molecule has 4 nitrogen and oxygen atoms in total. The minimum atomic E-state index is -0.289. The van der Waals surface area contributed by atoms with E-state index in [1.807, 2.05) is 13.8 Å². The second-order valence-electron chi connectivity index (χ2n) is 4.32. The van der Waals surface area contributed by atoms with Gasteiger partial charge in [0.1, 0.15) is 17.3 Å². The number of rotatable bonds is 5. The van der Waals surface area contributed by atoms with Crippen molar-refractivity contribution in [3.63, 3.8) is 0 Å². The van der Waals surface area contributed by atoms with Crippen LogP contribution in [-0.2, 0) is 6.54 Å². The molecule has 1 atom stereocenters. The summed E-state index contributed by atoms with van der Waals surface area (Å²) in [5.74, 6) is 1.58. The van der Waals surface area contributed by atoms with Gasteiger partial charge in [0.2, 0.25) is 5.89 Å². The molecule has 102 valence electrons. The summed E-state index contributed by atoms with van der Waals surface area (Å²) in [5, 5.41) is 3.17. The van der Waals surface area contributed by atoms with E-state index in [0.717, 1.165) is 5.76 Å². The molecule has 5 heteroatoms. The molecule has 0 aliphatic rings. The second-order valence-corrected chi connectivity index (χ2v) is 4.32. The topological polar surface area (TPSA) is 47.3 Å². The van der Waals surface area contributed by atoms with Gasteiger partial charge in [-0.2, -0.15) is 0 Å². The Balaban J connectivity index is 2.09. The highest BCUT2D eigenvalue weighted by molar-refractivity contribution is 5.36. The number of ether oxygens (including phenoxy) is 1. The predicted octanol–water partition coefficient (Wildman–Crippen LogP) is 2.98. The first kappa shape index (κ1) is 13.5. The van der Waals surface area contributed by atoms with Gasteiger partial charge in [0.25, 0.3) is 0 Å². The summed E-state index contributed by atoms with van der Waals surface area (Å²) >= 11 is 0. The molecular formula is C14H17FN2O2. The maximum atomic E-state index is 13.9. The van der Waals surface area contributed by atoms with Crippen LogP contribution in [0, 0.1) is 12.7 Å². The Morgan fingerprint density at radius 1 is 1.47 bits per heavy atom. The minimum absolute atomic E-state index is 0.205. The number of methoxy groups -OCH3 is 1. The number of nitrogens with one attached hydrogen (secondary N) is 1. The van der Waals surface area contributed by atoms with Crippen molar-refractivity contribution in [2.45, 2.75) is 26.4 Å². The van der Waals surface area contributed by atoms with Gasteiger partial charge < -0.3 is 14.5 Å². The zero-order chi connectivity index (χ0) is 13.8. The molecule has 0 spiro atoms. The van der Waals surface area contributed by atoms with Gasteiger partial charge in [-0.15, -0.1) is 0 Å². The van der Waals surface area contributed by atoms with Crippen molar-refractivity contribution in [2.75, 3.05) is 7.11 Å². The van der Waals surface area contributed by atoms with E-state index in [9.17, 15) is 4.39 Å². The molecule has 0 amide bonds. The molecule has 0 radical (unpaired) electrons. The SMILES string of the molecule is COc1cccc(F)c1[C@H](C)NCc1ncc(C)o1. The first-order chi connectivity index (χ1) is 9.11. The van der Waals surface area contributed by atoms with Crippen LogP contribution in [0.2, 0.25) is 0 Å². The van der Waals surface area contributed by atoms with E-state index < -0.39 is 0 Å². The molecule has 1 N–H and O–H groups in total. The number of oxazole rings is 1. The quantitative estimate of drug-likeness (QED) is 0.901. The molecule has 0 fully saturated rings. The number of benzene rings is 1. The third-order valence-corrected chi connectivity index (χ3v) is 2.89. The lowest BCUT2D eigenvalue weighted by Gasteiger charge is -2.17. The molecule has 1 aromatic carbocycles. The van der Waals surface area contributed by atoms with E-state index in [1.165, 1.54) is 13.2 Å². The number of aryl methyl sites for hydroxylation is 1. The first-order valence-corrected chi connectivity index (χ1v) is 6.09. The van der Waals surface area contributed by atoms with Crippen LogP contribution in [0.3, 0.4) is 0 Å². The van der Waals surface area contributed by atoms with E-state index in [0.29, 0.717) is 23.7 Å². The predicted molar refractivity (Wildman–Crippen MR) is 69.4 cm³/mol. The molecule has 0 aliphatic carbocycles. The normalized spacial score (nSPS) is 12.4. The molecular weight excluding hydrogens is 247 g/mol. The van der Waals surface area contributed by atoms with Gasteiger partial charge in [0.15, 0.2) is 0 Å². The molecule has 0 saturated carbocycles. The average Bonchev–Trinajstić information content (AvgIpc) is 2.81. The van der Waals surface area contributed by atoms with Gasteiger partial charge in [0, 0.05) is 11.6 Å². The van der Waals surface area contributed by atoms with Crippen LogP contribution < -0.4 is 10.1 Å². The third kappa shape index (κ3) is 3.12. The Labute approximate surface area is 111 Å². The van der Waals surface area contributed by atoms with E-state index in [-0.39, 0.29) is 11.9 Å². The van der Waals surface area contributed by atoms with Crippen molar-refractivity contribution in [3.05, 3.63) is 47.4 Å². The molecule has 19 heavy (non-hydrogen) atoms. The first-order valence-electron chi connectivity index (χ1n) is 6.09. The summed E-state index contributed by atoms with van der Waals surface area (Å²) in [7, 11) is 1.53. The second kappa shape index (κ2) is 5.84. The lowest BCUT2D eigenvalue weighted by Crippen LogP contribution is -2.20. The molecule has 0 bridgehead atoms. The standard InChI is InChI=1S/C14H17FN2O2/c1-9-7-17-13(19-9)8-16-10(2)14-11(15)5-4-6-12(14)18-3/h4-7,10,16H,8H2,1-3H3/t10-/m0/s1. The van der Waals surface area contributed by atoms with Gasteiger partial charge in [0.05, 0.1) is 19.9 Å². The van der Waals surface area contributed by atoms with E-state index >= 15 is 0 Å². The fourth-order valence-electron chi connectivity index (χ4n) is 1.94. The van der Waals surface area contributed by atoms with Gasteiger partial charge >= 0.3 is 0 Å². The number of nitrogens with zero attached hydrogens (tertiary/aromatic N) is 1. The Hall–Kier alpha value is -1.88. The Morgan fingerprint density at radius 2 is 2.26 bits per heavy atom. The van der Waals surface area contributed by atoms with E-state index in [1.54, 1.807) is 18.3 Å². The molecule has 0 unspecified atom stereocenters. The highest BCUT2D eigenvalue weighted by Gasteiger charge is 2.16. The van der Waals surface area contributed by atoms with Gasteiger partial charge in [-0.1, -0.05) is 6.07 Å². The smallest absolute Gasteiger partial charge is 0.208 e. The van der Waals surface area contributed by atoms with Crippen molar-refractivity contribution in [1.29, 1.82) is 0 Å². The number of hydrogen-bond donors (Lipinski definition) is 1. The Morgan fingerprint density at radius 3 is 2.89 bits per heavy atom. The molecule has 1 aromatic heterocycles. The van der Waals surface area contributed by atoms with Crippen molar-refractivity contribution in [1.82, 2.24) is 10.3 Å². The zero-order valence-electron chi connectivity index (χ0n) is 11.2. The fourth-order valence-corrected chi connectivity index (χ4v) is 1.94. The van der Waals surface area contributed by atoms with Crippen LogP contribution in [0.1, 0.15) is 30.2 Å². The zero-order valence-corrected chi connectivity index (χ0v) is 11.2. The van der Waals surface area contributed by atoms with Crippen LogP contribution >= 0.6 is 0 Å². The van der Waals surface area contributed by atoms with Crippen molar-refractivity contribution >= 4 is 0 Å². The molecule has 0 aliphatic heterocycles. The van der Waals surface area contributed by atoms with E-state index in [2.05, 4.69) is 10.3 Å². The number of halogens is 1. The molecule has 2 aromatic rings. The lowest BCUT2D eigenvalue weighted by molar-refractivity contribution is 0.386. The van der Waals surface area contributed by atoms with Gasteiger partial charge in [-0.25, -0.2) is 9.37 Å². The summed E-state index contributed by atoms with van der Waals surface area (Å²) in [6.07, 6.45) is 1.66. The fraction of sp³-hybridized carbons (Fsp3) is 0.357. The monoisotopic (exact) mass is 264 g/mol. The van der Waals surface area contributed by atoms with E-state index in [4.69, 9.17) is 9.15 Å². The molecule has 2 rings (SSSR count). The van der Waals surface area contributed by atoms with Crippen molar-refractivity contribution in [2.24, 2.45) is 0 Å². The van der Waals surface area contributed by atoms with Gasteiger partial charge in [-0.3, -0.25) is 0 Å². The summed E-state index contributed by atoms with van der Waals surface area (Å²) in [6, 6.07) is 4.59.